The summed E-state index contributed by atoms with van der Waals surface area (Å²) < 4.78 is 72.2. The number of hydrogen-bond acceptors (Lipinski definition) is 1. The summed E-state index contributed by atoms with van der Waals surface area (Å²) in [5.74, 6) is 0. The van der Waals surface area contributed by atoms with Gasteiger partial charge in [-0.3, -0.25) is 0 Å². The third-order valence-corrected chi connectivity index (χ3v) is 23.6. The number of nitrogens with zero attached hydrogens (tertiary/aromatic N) is 1. The minimum Gasteiger partial charge on any atom is -0.310 e. The first-order valence-corrected chi connectivity index (χ1v) is 40.2. The molecule has 117 heavy (non-hydrogen) atoms. The fraction of sp³-hybridized carbons (Fsp3) is 0.0261. The van der Waals surface area contributed by atoms with Crippen LogP contribution in [0.5, 0.6) is 0 Å². The average molecular weight is 1520 g/mol. The first-order valence-electron chi connectivity index (χ1n) is 43.8. The summed E-state index contributed by atoms with van der Waals surface area (Å²) >= 11 is 5.95. The van der Waals surface area contributed by atoms with Crippen LogP contribution in [0.1, 0.15) is 66.6 Å². The Morgan fingerprint density at radius 3 is 1.07 bits per heavy atom. The smallest absolute Gasteiger partial charge is 0.0714 e. The quantitative estimate of drug-likeness (QED) is 0.104. The molecule has 0 aliphatic heterocycles. The molecule has 0 N–H and O–H groups in total. The highest BCUT2D eigenvalue weighted by Crippen LogP contribution is 2.59. The van der Waals surface area contributed by atoms with Crippen molar-refractivity contribution in [2.24, 2.45) is 0 Å². The lowest BCUT2D eigenvalue weighted by Gasteiger charge is -2.35. The van der Waals surface area contributed by atoms with Crippen molar-refractivity contribution in [2.45, 2.75) is 17.3 Å². The predicted molar refractivity (Wildman–Crippen MR) is 495 cm³/mol. The molecule has 1 nitrogen and oxygen atoms in total. The summed E-state index contributed by atoms with van der Waals surface area (Å²) in [6.45, 7) is 0. The van der Waals surface area contributed by atoms with Crippen LogP contribution in [0.25, 0.3) is 110 Å². The van der Waals surface area contributed by atoms with E-state index in [1.807, 2.05) is 138 Å². The maximum Gasteiger partial charge on any atom is 0.0714 e. The molecule has 0 fully saturated rings. The zero-order valence-electron chi connectivity index (χ0n) is 71.9. The van der Waals surface area contributed by atoms with Crippen molar-refractivity contribution in [3.8, 4) is 66.8 Å². The molecule has 0 amide bonds. The average Bonchev–Trinajstić information content (AvgIpc) is 1.55. The molecule has 0 saturated carbocycles. The second kappa shape index (κ2) is 31.1. The van der Waals surface area contributed by atoms with E-state index in [-0.39, 0.29) is 75.6 Å². The SMILES string of the molecule is [2H]c1c([2H])c(-c2cc3ccccc3c3ccccc23)c([2H])c([2H])c1Cl.[2H]c1c([2H])c(N(c2ccc3c(c2)C(c2ccccc2)(c2ccccc2)c2ccccc2-3)c2ccccc2-c2ccccc2)c([2H])c([2H])c1-c1cc2ccccc2c2ccccc12.c1ccc(-c2ccccc2Cc2ccc3c(c2)C(c2ccccc2)(c2ccccc2)c2ccccc2-3)cc1. The lowest BCUT2D eigenvalue weighted by Crippen LogP contribution is -2.28. The molecule has 2 aliphatic rings. The van der Waals surface area contributed by atoms with Gasteiger partial charge in [-0.15, -0.1) is 0 Å². The highest BCUT2D eigenvalue weighted by atomic mass is 35.5. The predicted octanol–water partition coefficient (Wildman–Crippen LogP) is 30.8. The van der Waals surface area contributed by atoms with Gasteiger partial charge in [0.2, 0.25) is 0 Å². The van der Waals surface area contributed by atoms with Gasteiger partial charge in [-0.1, -0.05) is 430 Å². The molecule has 0 aromatic heterocycles. The van der Waals surface area contributed by atoms with Crippen molar-refractivity contribution in [1.29, 1.82) is 0 Å². The number of anilines is 3. The number of benzene rings is 20. The molecular weight excluding hydrogens is 1430 g/mol. The number of fused-ring (bicyclic) bond motifs is 12. The molecular formula is C115H80ClN. The molecule has 0 heterocycles. The number of rotatable bonds is 13. The van der Waals surface area contributed by atoms with Crippen molar-refractivity contribution in [3.05, 3.63) is 534 Å². The van der Waals surface area contributed by atoms with Gasteiger partial charge in [0.25, 0.3) is 0 Å². The molecule has 0 atom stereocenters. The van der Waals surface area contributed by atoms with Crippen molar-refractivity contribution >= 4 is 71.8 Å². The zero-order chi connectivity index (χ0) is 85.0. The maximum atomic E-state index is 9.97. The van der Waals surface area contributed by atoms with Crippen LogP contribution < -0.4 is 4.90 Å². The lowest BCUT2D eigenvalue weighted by molar-refractivity contribution is 0.767. The van der Waals surface area contributed by atoms with Crippen LogP contribution in [0.15, 0.2) is 473 Å². The van der Waals surface area contributed by atoms with Gasteiger partial charge >= 0.3 is 0 Å². The number of para-hydroxylation sites is 1. The van der Waals surface area contributed by atoms with Crippen LogP contribution in [0.4, 0.5) is 17.1 Å². The first-order chi connectivity index (χ1) is 61.3. The molecule has 0 bridgehead atoms. The van der Waals surface area contributed by atoms with Crippen molar-refractivity contribution in [3.63, 3.8) is 0 Å². The van der Waals surface area contributed by atoms with Crippen LogP contribution in [-0.4, -0.2) is 0 Å². The molecule has 2 heteroatoms. The van der Waals surface area contributed by atoms with Crippen molar-refractivity contribution < 1.29 is 11.0 Å². The van der Waals surface area contributed by atoms with Gasteiger partial charge in [0.05, 0.1) is 27.5 Å². The van der Waals surface area contributed by atoms with Crippen LogP contribution in [0, 0.1) is 0 Å². The standard InChI is InChI=1S/C57H39N.C38H28.C20H13Cl/c1-4-18-40(19-5-1)48-26-15-17-31-56(48)58(45-34-32-41(33-35-45)53-38-42-20-10-11-25-47(42)49-27-12-13-28-50(49)53)46-36-37-52-51-29-14-16-30-54(51)57(55(52)39-46,43-21-6-2-7-22-43)44-23-8-3-9-24-44;1-4-14-29(15-5-1)33-21-11-10-16-30(33)26-28-24-25-35-34-22-12-13-23-36(34)38(37(35)27-28,31-17-6-2-7-18-31)32-19-8-3-9-20-32;21-16-11-9-14(10-12-16)20-13-15-5-1-2-6-17(15)18-7-3-4-8-19(18)20/h1-39H;1-25,27H,26H2;1-13H/i32D,33D,34D,35D;;9D,10D,11D,12D. The van der Waals surface area contributed by atoms with Gasteiger partial charge in [-0.2, -0.15) is 0 Å². The van der Waals surface area contributed by atoms with E-state index in [1.165, 1.54) is 61.2 Å². The number of hydrogen-bond donors (Lipinski definition) is 0. The van der Waals surface area contributed by atoms with E-state index < -0.39 is 5.41 Å². The highest BCUT2D eigenvalue weighted by molar-refractivity contribution is 6.30. The molecule has 2 aliphatic carbocycles. The lowest BCUT2D eigenvalue weighted by atomic mass is 9.67. The third-order valence-electron chi connectivity index (χ3n) is 23.5. The normalized spacial score (nSPS) is 13.4. The van der Waals surface area contributed by atoms with E-state index in [2.05, 4.69) is 291 Å². The van der Waals surface area contributed by atoms with Crippen molar-refractivity contribution in [2.75, 3.05) is 4.90 Å². The fourth-order valence-corrected chi connectivity index (χ4v) is 18.5. The van der Waals surface area contributed by atoms with E-state index in [1.54, 1.807) is 0 Å². The minimum atomic E-state index is -0.690. The van der Waals surface area contributed by atoms with Gasteiger partial charge in [0.1, 0.15) is 0 Å². The van der Waals surface area contributed by atoms with Gasteiger partial charge in [-0.25, -0.2) is 0 Å². The zero-order valence-corrected chi connectivity index (χ0v) is 64.7. The van der Waals surface area contributed by atoms with E-state index >= 15 is 0 Å². The monoisotopic (exact) mass is 1520 g/mol. The Morgan fingerprint density at radius 1 is 0.231 bits per heavy atom. The Morgan fingerprint density at radius 2 is 0.581 bits per heavy atom. The highest BCUT2D eigenvalue weighted by Gasteiger charge is 2.48. The van der Waals surface area contributed by atoms with Crippen molar-refractivity contribution in [1.82, 2.24) is 0 Å². The maximum absolute atomic E-state index is 9.97. The van der Waals surface area contributed by atoms with E-state index in [0.717, 1.165) is 99.8 Å². The van der Waals surface area contributed by atoms with Crippen LogP contribution in [-0.2, 0) is 17.3 Å². The van der Waals surface area contributed by atoms with E-state index in [9.17, 15) is 5.48 Å². The molecule has 0 saturated heterocycles. The van der Waals surface area contributed by atoms with Gasteiger partial charge in [0, 0.05) is 22.0 Å². The summed E-state index contributed by atoms with van der Waals surface area (Å²) in [6, 6.07) is 147. The topological polar surface area (TPSA) is 3.24 Å². The Balaban J connectivity index is 0.000000132. The Hall–Kier alpha value is -14.5. The molecule has 20 aromatic rings. The Labute approximate surface area is 700 Å². The first kappa shape index (κ1) is 63.0. The van der Waals surface area contributed by atoms with E-state index in [4.69, 9.17) is 17.1 Å². The summed E-state index contributed by atoms with van der Waals surface area (Å²) in [5.41, 5.74) is 24.4. The largest absolute Gasteiger partial charge is 0.310 e. The summed E-state index contributed by atoms with van der Waals surface area (Å²) in [5, 5.41) is 7.76. The third kappa shape index (κ3) is 12.9. The second-order valence-electron chi connectivity index (χ2n) is 29.9. The van der Waals surface area contributed by atoms with Crippen LogP contribution in [0.3, 0.4) is 0 Å². The summed E-state index contributed by atoms with van der Waals surface area (Å²) in [7, 11) is 0. The van der Waals surface area contributed by atoms with Crippen LogP contribution >= 0.6 is 11.6 Å². The van der Waals surface area contributed by atoms with Gasteiger partial charge in [0.15, 0.2) is 0 Å². The Bertz CT molecular complexity index is 7420. The molecule has 0 radical (unpaired) electrons. The molecule has 552 valence electrons. The van der Waals surface area contributed by atoms with E-state index in [0.29, 0.717) is 11.1 Å². The summed E-state index contributed by atoms with van der Waals surface area (Å²) in [6.07, 6.45) is 0.883. The molecule has 0 unspecified atom stereocenters. The van der Waals surface area contributed by atoms with Gasteiger partial charge in [-0.05, 0) is 221 Å². The minimum absolute atomic E-state index is 0.0971. The second-order valence-corrected chi connectivity index (χ2v) is 30.3. The van der Waals surface area contributed by atoms with Crippen LogP contribution in [0.2, 0.25) is 5.02 Å². The Kier molecular flexibility index (Phi) is 16.8. The summed E-state index contributed by atoms with van der Waals surface area (Å²) in [4.78, 5) is 1.95. The molecule has 20 aromatic carbocycles. The van der Waals surface area contributed by atoms with Gasteiger partial charge < -0.3 is 4.90 Å². The fourth-order valence-electron chi connectivity index (χ4n) is 18.4. The molecule has 0 spiro atoms. The number of halogens is 1. The molecule has 22 rings (SSSR count).